The number of halogens is 3. The van der Waals surface area contributed by atoms with Gasteiger partial charge in [-0.05, 0) is 70.0 Å². The molecule has 2 aromatic carbocycles. The standard InChI is InChI=1S/C23H24Br3N3O3/c1-12(2)32-20-17(31-6)9-13(18(25)19(20)26)11-27-29-21(30)15-10-14(24)7-8-16(15)28-22(29)23(3,4)5/h7-12H,1-6H3. The van der Waals surface area contributed by atoms with E-state index in [0.717, 1.165) is 8.95 Å². The lowest BCUT2D eigenvalue weighted by Gasteiger charge is -2.21. The predicted molar refractivity (Wildman–Crippen MR) is 140 cm³/mol. The number of ether oxygens (including phenoxy) is 2. The van der Waals surface area contributed by atoms with Crippen molar-refractivity contribution >= 4 is 64.9 Å². The van der Waals surface area contributed by atoms with Crippen molar-refractivity contribution in [2.24, 2.45) is 5.10 Å². The van der Waals surface area contributed by atoms with Gasteiger partial charge < -0.3 is 9.47 Å². The first-order valence-electron chi connectivity index (χ1n) is 9.93. The second-order valence-corrected chi connectivity index (χ2v) is 11.0. The van der Waals surface area contributed by atoms with Gasteiger partial charge in [0, 0.05) is 19.9 Å². The Labute approximate surface area is 212 Å². The Morgan fingerprint density at radius 1 is 1.12 bits per heavy atom. The molecular formula is C23H24Br3N3O3. The SMILES string of the molecule is COc1cc(C=Nn2c(C(C)(C)C)nc3ccc(Br)cc3c2=O)c(Br)c(Br)c1OC(C)C. The Morgan fingerprint density at radius 2 is 1.81 bits per heavy atom. The van der Waals surface area contributed by atoms with Crippen molar-refractivity contribution in [2.45, 2.75) is 46.1 Å². The van der Waals surface area contributed by atoms with E-state index < -0.39 is 5.41 Å². The molecule has 1 aromatic heterocycles. The van der Waals surface area contributed by atoms with Gasteiger partial charge in [-0.1, -0.05) is 36.7 Å². The second kappa shape index (κ2) is 9.65. The van der Waals surface area contributed by atoms with Gasteiger partial charge in [0.15, 0.2) is 11.5 Å². The number of nitrogens with zero attached hydrogens (tertiary/aromatic N) is 3. The Hall–Kier alpha value is -1.71. The zero-order valence-electron chi connectivity index (χ0n) is 18.7. The lowest BCUT2D eigenvalue weighted by atomic mass is 9.95. The van der Waals surface area contributed by atoms with Crippen LogP contribution in [0.15, 0.2) is 47.6 Å². The highest BCUT2D eigenvalue weighted by molar-refractivity contribution is 9.13. The van der Waals surface area contributed by atoms with Gasteiger partial charge in [0.25, 0.3) is 5.56 Å². The third kappa shape index (κ3) is 5.10. The maximum absolute atomic E-state index is 13.3. The lowest BCUT2D eigenvalue weighted by Crippen LogP contribution is -2.29. The molecule has 6 nitrogen and oxygen atoms in total. The fourth-order valence-electron chi connectivity index (χ4n) is 3.06. The Morgan fingerprint density at radius 3 is 2.41 bits per heavy atom. The van der Waals surface area contributed by atoms with Crippen LogP contribution in [0.25, 0.3) is 10.9 Å². The summed E-state index contributed by atoms with van der Waals surface area (Å²) in [5.41, 5.74) is 0.711. The molecule has 0 aliphatic rings. The summed E-state index contributed by atoms with van der Waals surface area (Å²) in [6.07, 6.45) is 1.58. The summed E-state index contributed by atoms with van der Waals surface area (Å²) in [7, 11) is 1.58. The van der Waals surface area contributed by atoms with Crippen LogP contribution in [0.1, 0.15) is 46.0 Å². The highest BCUT2D eigenvalue weighted by Gasteiger charge is 2.23. The van der Waals surface area contributed by atoms with E-state index in [-0.39, 0.29) is 11.7 Å². The van der Waals surface area contributed by atoms with Gasteiger partial charge in [-0.2, -0.15) is 9.78 Å². The maximum atomic E-state index is 13.3. The molecule has 0 saturated heterocycles. The Kier molecular flexibility index (Phi) is 7.51. The van der Waals surface area contributed by atoms with Crippen LogP contribution in [0.4, 0.5) is 0 Å². The monoisotopic (exact) mass is 627 g/mol. The van der Waals surface area contributed by atoms with Crippen LogP contribution in [0.3, 0.4) is 0 Å². The number of fused-ring (bicyclic) bond motifs is 1. The summed E-state index contributed by atoms with van der Waals surface area (Å²) in [6, 6.07) is 7.27. The summed E-state index contributed by atoms with van der Waals surface area (Å²) in [5.74, 6) is 1.71. The fraction of sp³-hybridized carbons (Fsp3) is 0.348. The molecule has 0 unspecified atom stereocenters. The first-order chi connectivity index (χ1) is 14.9. The van der Waals surface area contributed by atoms with Crippen LogP contribution in [0.2, 0.25) is 0 Å². The summed E-state index contributed by atoms with van der Waals surface area (Å²) in [6.45, 7) is 9.89. The molecule has 3 rings (SSSR count). The van der Waals surface area contributed by atoms with E-state index in [2.05, 4.69) is 52.9 Å². The van der Waals surface area contributed by atoms with E-state index >= 15 is 0 Å². The van der Waals surface area contributed by atoms with Crippen molar-refractivity contribution in [3.05, 3.63) is 59.4 Å². The van der Waals surface area contributed by atoms with E-state index in [1.807, 2.05) is 52.8 Å². The molecule has 0 bridgehead atoms. The van der Waals surface area contributed by atoms with Crippen LogP contribution in [-0.4, -0.2) is 29.1 Å². The number of aromatic nitrogens is 2. The van der Waals surface area contributed by atoms with Crippen molar-refractivity contribution in [3.63, 3.8) is 0 Å². The van der Waals surface area contributed by atoms with Crippen molar-refractivity contribution in [1.82, 2.24) is 9.66 Å². The van der Waals surface area contributed by atoms with E-state index in [9.17, 15) is 4.79 Å². The number of methoxy groups -OCH3 is 1. The van der Waals surface area contributed by atoms with Gasteiger partial charge in [0.1, 0.15) is 5.82 Å². The summed E-state index contributed by atoms with van der Waals surface area (Å²) in [5, 5.41) is 5.03. The third-order valence-corrected chi connectivity index (χ3v) is 7.16. The Balaban J connectivity index is 2.21. The topological polar surface area (TPSA) is 65.7 Å². The van der Waals surface area contributed by atoms with Crippen LogP contribution < -0.4 is 15.0 Å². The largest absolute Gasteiger partial charge is 0.493 e. The molecule has 170 valence electrons. The van der Waals surface area contributed by atoms with Gasteiger partial charge in [-0.15, -0.1) is 0 Å². The normalized spacial score (nSPS) is 12.2. The van der Waals surface area contributed by atoms with Crippen LogP contribution in [0.5, 0.6) is 11.5 Å². The molecule has 0 spiro atoms. The van der Waals surface area contributed by atoms with Gasteiger partial charge in [-0.3, -0.25) is 4.79 Å². The van der Waals surface area contributed by atoms with Crippen molar-refractivity contribution in [3.8, 4) is 11.5 Å². The van der Waals surface area contributed by atoms with Crippen LogP contribution >= 0.6 is 47.8 Å². The van der Waals surface area contributed by atoms with Crippen molar-refractivity contribution < 1.29 is 9.47 Å². The second-order valence-electron chi connectivity index (χ2n) is 8.50. The average molecular weight is 630 g/mol. The van der Waals surface area contributed by atoms with Crippen molar-refractivity contribution in [1.29, 1.82) is 0 Å². The fourth-order valence-corrected chi connectivity index (χ4v) is 4.33. The van der Waals surface area contributed by atoms with Gasteiger partial charge >= 0.3 is 0 Å². The molecule has 32 heavy (non-hydrogen) atoms. The first kappa shape index (κ1) is 24.9. The van der Waals surface area contributed by atoms with Crippen LogP contribution in [0, 0.1) is 0 Å². The lowest BCUT2D eigenvalue weighted by molar-refractivity contribution is 0.228. The molecule has 0 aliphatic carbocycles. The molecule has 0 saturated carbocycles. The molecule has 0 aliphatic heterocycles. The minimum Gasteiger partial charge on any atom is -0.493 e. The summed E-state index contributed by atoms with van der Waals surface area (Å²) >= 11 is 10.6. The van der Waals surface area contributed by atoms with Gasteiger partial charge in [-0.25, -0.2) is 4.98 Å². The maximum Gasteiger partial charge on any atom is 0.282 e. The van der Waals surface area contributed by atoms with Gasteiger partial charge in [0.05, 0.1) is 34.8 Å². The zero-order chi connectivity index (χ0) is 23.8. The molecule has 0 fully saturated rings. The predicted octanol–water partition coefficient (Wildman–Crippen LogP) is 6.66. The molecule has 0 radical (unpaired) electrons. The highest BCUT2D eigenvalue weighted by Crippen LogP contribution is 2.42. The minimum atomic E-state index is -0.401. The number of hydrogen-bond acceptors (Lipinski definition) is 5. The first-order valence-corrected chi connectivity index (χ1v) is 12.3. The number of benzene rings is 2. The van der Waals surface area contributed by atoms with E-state index in [0.29, 0.717) is 38.3 Å². The molecule has 1 heterocycles. The Bertz CT molecular complexity index is 1260. The molecule has 0 amide bonds. The van der Waals surface area contributed by atoms with E-state index in [4.69, 9.17) is 14.5 Å². The van der Waals surface area contributed by atoms with Gasteiger partial charge in [0.2, 0.25) is 0 Å². The summed E-state index contributed by atoms with van der Waals surface area (Å²) in [4.78, 5) is 18.1. The van der Waals surface area contributed by atoms with E-state index in [1.54, 1.807) is 19.4 Å². The third-order valence-electron chi connectivity index (χ3n) is 4.52. The quantitative estimate of drug-likeness (QED) is 0.296. The number of hydrogen-bond donors (Lipinski definition) is 0. The zero-order valence-corrected chi connectivity index (χ0v) is 23.4. The molecular weight excluding hydrogens is 606 g/mol. The minimum absolute atomic E-state index is 0.0254. The highest BCUT2D eigenvalue weighted by atomic mass is 79.9. The van der Waals surface area contributed by atoms with Crippen LogP contribution in [-0.2, 0) is 5.41 Å². The smallest absolute Gasteiger partial charge is 0.282 e. The van der Waals surface area contributed by atoms with E-state index in [1.165, 1.54) is 4.68 Å². The number of rotatable bonds is 5. The van der Waals surface area contributed by atoms with Crippen molar-refractivity contribution in [2.75, 3.05) is 7.11 Å². The molecule has 0 N–H and O–H groups in total. The molecule has 9 heteroatoms. The molecule has 3 aromatic rings. The summed E-state index contributed by atoms with van der Waals surface area (Å²) < 4.78 is 15.0. The molecule has 0 atom stereocenters. The average Bonchev–Trinajstić information content (AvgIpc) is 2.71.